The van der Waals surface area contributed by atoms with Crippen LogP contribution >= 0.6 is 0 Å². The molecule has 0 radical (unpaired) electrons. The Kier molecular flexibility index (Phi) is 3.99. The lowest BCUT2D eigenvalue weighted by Gasteiger charge is -2.22. The number of aliphatic hydroxyl groups is 1. The molecule has 0 bridgehead atoms. The standard InChI is InChI=1S/C13H16F2N2O2/c14-10-4-3-9(7-11(10)15)17-12(18)16-8-13(19)5-1-2-6-13/h3-4,7,19H,1-2,5-6,8H2,(H2,16,17,18). The third-order valence-electron chi connectivity index (χ3n) is 3.29. The predicted molar refractivity (Wildman–Crippen MR) is 66.8 cm³/mol. The molecule has 0 saturated heterocycles. The molecule has 1 saturated carbocycles. The van der Waals surface area contributed by atoms with Gasteiger partial charge in [0.25, 0.3) is 0 Å². The van der Waals surface area contributed by atoms with E-state index in [1.54, 1.807) is 0 Å². The summed E-state index contributed by atoms with van der Waals surface area (Å²) in [5, 5.41) is 14.9. The Morgan fingerprint density at radius 2 is 1.95 bits per heavy atom. The number of rotatable bonds is 3. The molecule has 1 aromatic carbocycles. The summed E-state index contributed by atoms with van der Waals surface area (Å²) in [7, 11) is 0. The minimum absolute atomic E-state index is 0.155. The molecule has 2 rings (SSSR count). The van der Waals surface area contributed by atoms with Crippen LogP contribution in [0, 0.1) is 11.6 Å². The van der Waals surface area contributed by atoms with Gasteiger partial charge in [-0.2, -0.15) is 0 Å². The second-order valence-electron chi connectivity index (χ2n) is 4.87. The number of benzene rings is 1. The molecule has 1 aliphatic carbocycles. The predicted octanol–water partition coefficient (Wildman–Crippen LogP) is 2.39. The number of amides is 2. The fourth-order valence-corrected chi connectivity index (χ4v) is 2.20. The normalized spacial score (nSPS) is 17.2. The van der Waals surface area contributed by atoms with Crippen molar-refractivity contribution >= 4 is 11.7 Å². The number of hydrogen-bond acceptors (Lipinski definition) is 2. The van der Waals surface area contributed by atoms with Crippen LogP contribution in [0.2, 0.25) is 0 Å². The maximum Gasteiger partial charge on any atom is 0.319 e. The summed E-state index contributed by atoms with van der Waals surface area (Å²) in [6.45, 7) is 0.155. The summed E-state index contributed by atoms with van der Waals surface area (Å²) in [5.41, 5.74) is -0.680. The van der Waals surface area contributed by atoms with Crippen molar-refractivity contribution < 1.29 is 18.7 Å². The van der Waals surface area contributed by atoms with E-state index in [0.717, 1.165) is 25.0 Å². The van der Waals surface area contributed by atoms with Gasteiger partial charge in [0.1, 0.15) is 0 Å². The average molecular weight is 270 g/mol. The first-order chi connectivity index (χ1) is 8.98. The van der Waals surface area contributed by atoms with Gasteiger partial charge in [-0.15, -0.1) is 0 Å². The van der Waals surface area contributed by atoms with Crippen molar-refractivity contribution in [2.24, 2.45) is 0 Å². The SMILES string of the molecule is O=C(NCC1(O)CCCC1)Nc1ccc(F)c(F)c1. The molecule has 0 aliphatic heterocycles. The van der Waals surface area contributed by atoms with Crippen molar-refractivity contribution in [1.82, 2.24) is 5.32 Å². The van der Waals surface area contributed by atoms with Gasteiger partial charge in [0.15, 0.2) is 11.6 Å². The Morgan fingerprint density at radius 1 is 1.26 bits per heavy atom. The Hall–Kier alpha value is -1.69. The van der Waals surface area contributed by atoms with E-state index in [9.17, 15) is 18.7 Å². The second-order valence-corrected chi connectivity index (χ2v) is 4.87. The molecule has 1 aromatic rings. The summed E-state index contributed by atoms with van der Waals surface area (Å²) in [4.78, 5) is 11.6. The lowest BCUT2D eigenvalue weighted by Crippen LogP contribution is -2.42. The van der Waals surface area contributed by atoms with Crippen molar-refractivity contribution in [2.45, 2.75) is 31.3 Å². The molecule has 104 valence electrons. The van der Waals surface area contributed by atoms with E-state index in [0.29, 0.717) is 12.8 Å². The number of carbonyl (C=O) groups excluding carboxylic acids is 1. The van der Waals surface area contributed by atoms with E-state index in [-0.39, 0.29) is 12.2 Å². The summed E-state index contributed by atoms with van der Waals surface area (Å²) in [5.74, 6) is -1.99. The first-order valence-electron chi connectivity index (χ1n) is 6.21. The number of halogens is 2. The van der Waals surface area contributed by atoms with Crippen LogP contribution in [-0.2, 0) is 0 Å². The number of anilines is 1. The number of nitrogens with one attached hydrogen (secondary N) is 2. The minimum Gasteiger partial charge on any atom is -0.388 e. The van der Waals surface area contributed by atoms with Gasteiger partial charge in [-0.05, 0) is 25.0 Å². The van der Waals surface area contributed by atoms with Crippen LogP contribution in [0.15, 0.2) is 18.2 Å². The highest BCUT2D eigenvalue weighted by atomic mass is 19.2. The quantitative estimate of drug-likeness (QED) is 0.789. The topological polar surface area (TPSA) is 61.4 Å². The molecule has 3 N–H and O–H groups in total. The molecule has 0 aromatic heterocycles. The highest BCUT2D eigenvalue weighted by Gasteiger charge is 2.31. The van der Waals surface area contributed by atoms with Gasteiger partial charge < -0.3 is 15.7 Å². The molecule has 1 aliphatic rings. The Bertz CT molecular complexity index is 474. The highest BCUT2D eigenvalue weighted by molar-refractivity contribution is 5.89. The third-order valence-corrected chi connectivity index (χ3v) is 3.29. The van der Waals surface area contributed by atoms with Crippen LogP contribution in [-0.4, -0.2) is 23.3 Å². The summed E-state index contributed by atoms with van der Waals surface area (Å²) in [6, 6.07) is 2.56. The number of carbonyl (C=O) groups is 1. The number of urea groups is 1. The monoisotopic (exact) mass is 270 g/mol. The van der Waals surface area contributed by atoms with Crippen molar-refractivity contribution in [2.75, 3.05) is 11.9 Å². The molecule has 1 fully saturated rings. The number of hydrogen-bond donors (Lipinski definition) is 3. The van der Waals surface area contributed by atoms with Crippen LogP contribution in [0.5, 0.6) is 0 Å². The molecule has 0 unspecified atom stereocenters. The van der Waals surface area contributed by atoms with E-state index < -0.39 is 23.3 Å². The Balaban J connectivity index is 1.85. The second kappa shape index (κ2) is 5.52. The van der Waals surface area contributed by atoms with Gasteiger partial charge in [0, 0.05) is 18.3 Å². The van der Waals surface area contributed by atoms with E-state index in [1.807, 2.05) is 0 Å². The fourth-order valence-electron chi connectivity index (χ4n) is 2.20. The maximum absolute atomic E-state index is 12.9. The summed E-state index contributed by atoms with van der Waals surface area (Å²) >= 11 is 0. The van der Waals surface area contributed by atoms with Gasteiger partial charge in [0.05, 0.1) is 5.60 Å². The Morgan fingerprint density at radius 3 is 2.58 bits per heavy atom. The molecule has 2 amide bonds. The van der Waals surface area contributed by atoms with Crippen molar-refractivity contribution in [3.63, 3.8) is 0 Å². The van der Waals surface area contributed by atoms with E-state index in [1.165, 1.54) is 6.07 Å². The molecule has 4 nitrogen and oxygen atoms in total. The first-order valence-corrected chi connectivity index (χ1v) is 6.21. The molecule has 0 atom stereocenters. The fraction of sp³-hybridized carbons (Fsp3) is 0.462. The van der Waals surface area contributed by atoms with E-state index >= 15 is 0 Å². The molecule has 0 heterocycles. The smallest absolute Gasteiger partial charge is 0.319 e. The largest absolute Gasteiger partial charge is 0.388 e. The third kappa shape index (κ3) is 3.64. The van der Waals surface area contributed by atoms with Gasteiger partial charge in [0.2, 0.25) is 0 Å². The zero-order valence-corrected chi connectivity index (χ0v) is 10.4. The average Bonchev–Trinajstić information content (AvgIpc) is 2.79. The maximum atomic E-state index is 12.9. The lowest BCUT2D eigenvalue weighted by molar-refractivity contribution is 0.0506. The van der Waals surface area contributed by atoms with Crippen LogP contribution < -0.4 is 10.6 Å². The van der Waals surface area contributed by atoms with Gasteiger partial charge in [-0.3, -0.25) is 0 Å². The van der Waals surface area contributed by atoms with Gasteiger partial charge in [-0.1, -0.05) is 12.8 Å². The highest BCUT2D eigenvalue weighted by Crippen LogP contribution is 2.28. The summed E-state index contributed by atoms with van der Waals surface area (Å²) in [6.07, 6.45) is 3.23. The van der Waals surface area contributed by atoms with Crippen molar-refractivity contribution in [3.05, 3.63) is 29.8 Å². The Labute approximate surface area is 109 Å². The molecular weight excluding hydrogens is 254 g/mol. The lowest BCUT2D eigenvalue weighted by atomic mass is 10.0. The van der Waals surface area contributed by atoms with Gasteiger partial charge >= 0.3 is 6.03 Å². The van der Waals surface area contributed by atoms with Crippen molar-refractivity contribution in [3.8, 4) is 0 Å². The van der Waals surface area contributed by atoms with E-state index in [4.69, 9.17) is 0 Å². The molecule has 0 spiro atoms. The van der Waals surface area contributed by atoms with Crippen LogP contribution in [0.25, 0.3) is 0 Å². The zero-order valence-electron chi connectivity index (χ0n) is 10.4. The van der Waals surface area contributed by atoms with Crippen LogP contribution in [0.3, 0.4) is 0 Å². The minimum atomic E-state index is -1.02. The van der Waals surface area contributed by atoms with E-state index in [2.05, 4.69) is 10.6 Å². The van der Waals surface area contributed by atoms with Crippen molar-refractivity contribution in [1.29, 1.82) is 0 Å². The molecular formula is C13H16F2N2O2. The first kappa shape index (κ1) is 13.7. The van der Waals surface area contributed by atoms with Crippen LogP contribution in [0.1, 0.15) is 25.7 Å². The summed E-state index contributed by atoms with van der Waals surface area (Å²) < 4.78 is 25.6. The molecule has 6 heteroatoms. The van der Waals surface area contributed by atoms with Gasteiger partial charge in [-0.25, -0.2) is 13.6 Å². The zero-order chi connectivity index (χ0) is 13.9. The van der Waals surface area contributed by atoms with Crippen LogP contribution in [0.4, 0.5) is 19.3 Å². The molecule has 19 heavy (non-hydrogen) atoms.